The number of carbonyl (C=O) groups excluding carboxylic acids is 1. The number of anilines is 1. The molecule has 1 atom stereocenters. The lowest BCUT2D eigenvalue weighted by atomic mass is 10.1. The molecule has 1 unspecified atom stereocenters. The average molecular weight is 282 g/mol. The second kappa shape index (κ2) is 6.26. The van der Waals surface area contributed by atoms with E-state index in [2.05, 4.69) is 12.2 Å². The summed E-state index contributed by atoms with van der Waals surface area (Å²) in [5, 5.41) is 3.98. The van der Waals surface area contributed by atoms with E-state index in [1.807, 2.05) is 23.1 Å². The fraction of sp³-hybridized carbons (Fsp3) is 0.500. The molecule has 3 N–H and O–H groups in total. The van der Waals surface area contributed by atoms with E-state index < -0.39 is 0 Å². The molecule has 1 aliphatic rings. The fourth-order valence-corrected chi connectivity index (χ4v) is 2.73. The van der Waals surface area contributed by atoms with Gasteiger partial charge in [-0.3, -0.25) is 4.79 Å². The summed E-state index contributed by atoms with van der Waals surface area (Å²) in [5.74, 6) is -0.259. The van der Waals surface area contributed by atoms with Crippen molar-refractivity contribution in [2.45, 2.75) is 32.4 Å². The van der Waals surface area contributed by atoms with Crippen molar-refractivity contribution in [3.63, 3.8) is 0 Å². The maximum absolute atomic E-state index is 11.4. The molecule has 19 heavy (non-hydrogen) atoms. The number of nitrogens with zero attached hydrogens (tertiary/aromatic N) is 1. The minimum Gasteiger partial charge on any atom is -0.368 e. The Hall–Kier alpha value is -1.26. The number of benzene rings is 1. The van der Waals surface area contributed by atoms with Crippen molar-refractivity contribution in [1.82, 2.24) is 5.32 Å². The number of halogens is 1. The molecule has 104 valence electrons. The lowest BCUT2D eigenvalue weighted by Crippen LogP contribution is -2.40. The number of hydrogen-bond acceptors (Lipinski definition) is 3. The zero-order valence-corrected chi connectivity index (χ0v) is 11.9. The monoisotopic (exact) mass is 281 g/mol. The molecule has 4 nitrogen and oxygen atoms in total. The Kier molecular flexibility index (Phi) is 4.66. The number of carbonyl (C=O) groups is 1. The van der Waals surface area contributed by atoms with Crippen molar-refractivity contribution in [3.05, 3.63) is 28.8 Å². The number of nitrogens with one attached hydrogen (secondary N) is 1. The Morgan fingerprint density at radius 2 is 2.37 bits per heavy atom. The van der Waals surface area contributed by atoms with Crippen molar-refractivity contribution < 1.29 is 4.79 Å². The third kappa shape index (κ3) is 3.19. The molecule has 0 aromatic heterocycles. The van der Waals surface area contributed by atoms with E-state index in [-0.39, 0.29) is 11.9 Å². The van der Waals surface area contributed by atoms with Crippen LogP contribution < -0.4 is 16.0 Å². The summed E-state index contributed by atoms with van der Waals surface area (Å²) in [6, 6.07) is 5.75. The summed E-state index contributed by atoms with van der Waals surface area (Å²) in [7, 11) is 0. The van der Waals surface area contributed by atoms with Crippen LogP contribution in [0, 0.1) is 0 Å². The summed E-state index contributed by atoms with van der Waals surface area (Å²) in [5.41, 5.74) is 7.49. The van der Waals surface area contributed by atoms with Gasteiger partial charge in [0, 0.05) is 23.8 Å². The van der Waals surface area contributed by atoms with Crippen LogP contribution >= 0.6 is 11.6 Å². The van der Waals surface area contributed by atoms with E-state index in [9.17, 15) is 4.79 Å². The Bertz CT molecular complexity index is 464. The first-order valence-electron chi connectivity index (χ1n) is 6.68. The minimum atomic E-state index is -0.259. The van der Waals surface area contributed by atoms with Gasteiger partial charge < -0.3 is 16.0 Å². The molecule has 0 bridgehead atoms. The summed E-state index contributed by atoms with van der Waals surface area (Å²) >= 11 is 6.29. The first-order chi connectivity index (χ1) is 9.13. The average Bonchev–Trinajstić information content (AvgIpc) is 2.86. The zero-order valence-electron chi connectivity index (χ0n) is 11.2. The first kappa shape index (κ1) is 14.2. The van der Waals surface area contributed by atoms with Gasteiger partial charge in [-0.1, -0.05) is 24.6 Å². The highest BCUT2D eigenvalue weighted by atomic mass is 35.5. The van der Waals surface area contributed by atoms with Crippen LogP contribution in [0.25, 0.3) is 0 Å². The van der Waals surface area contributed by atoms with Crippen LogP contribution in [-0.2, 0) is 11.3 Å². The molecule has 1 amide bonds. The smallest absolute Gasteiger partial charge is 0.240 e. The maximum Gasteiger partial charge on any atom is 0.240 e. The number of primary amides is 1. The van der Waals surface area contributed by atoms with Crippen LogP contribution in [0.15, 0.2) is 18.2 Å². The number of nitrogens with two attached hydrogens (primary N) is 1. The Morgan fingerprint density at radius 3 is 3.00 bits per heavy atom. The first-order valence-corrected chi connectivity index (χ1v) is 7.06. The van der Waals surface area contributed by atoms with Crippen LogP contribution in [0.1, 0.15) is 25.3 Å². The van der Waals surface area contributed by atoms with Crippen LogP contribution in [-0.4, -0.2) is 25.0 Å². The Morgan fingerprint density at radius 1 is 1.58 bits per heavy atom. The van der Waals surface area contributed by atoms with Crippen molar-refractivity contribution in [3.8, 4) is 0 Å². The third-order valence-corrected chi connectivity index (χ3v) is 3.87. The summed E-state index contributed by atoms with van der Waals surface area (Å²) in [4.78, 5) is 13.5. The predicted octanol–water partition coefficient (Wildman–Crippen LogP) is 1.90. The largest absolute Gasteiger partial charge is 0.368 e. The normalized spacial score (nSPS) is 18.8. The molecule has 1 aromatic carbocycles. The van der Waals surface area contributed by atoms with E-state index in [1.165, 1.54) is 0 Å². The Balaban J connectivity index is 2.17. The number of hydrogen-bond donors (Lipinski definition) is 2. The van der Waals surface area contributed by atoms with Crippen molar-refractivity contribution in [2.24, 2.45) is 5.73 Å². The van der Waals surface area contributed by atoms with Gasteiger partial charge in [-0.25, -0.2) is 0 Å². The van der Waals surface area contributed by atoms with Crippen molar-refractivity contribution in [1.29, 1.82) is 0 Å². The molecule has 0 saturated carbocycles. The van der Waals surface area contributed by atoms with E-state index in [0.717, 1.165) is 48.7 Å². The zero-order chi connectivity index (χ0) is 13.8. The van der Waals surface area contributed by atoms with Crippen LogP contribution in [0.3, 0.4) is 0 Å². The molecule has 1 saturated heterocycles. The quantitative estimate of drug-likeness (QED) is 0.867. The topological polar surface area (TPSA) is 58.4 Å². The summed E-state index contributed by atoms with van der Waals surface area (Å²) in [6.07, 6.45) is 1.82. The lowest BCUT2D eigenvalue weighted by molar-refractivity contribution is -0.119. The molecule has 2 rings (SSSR count). The molecular formula is C14H20ClN3O. The van der Waals surface area contributed by atoms with Gasteiger partial charge in [0.15, 0.2) is 0 Å². The lowest BCUT2D eigenvalue weighted by Gasteiger charge is -2.25. The van der Waals surface area contributed by atoms with Crippen LogP contribution in [0.2, 0.25) is 5.02 Å². The number of rotatable bonds is 5. The highest BCUT2D eigenvalue weighted by Crippen LogP contribution is 2.29. The molecule has 0 spiro atoms. The van der Waals surface area contributed by atoms with E-state index in [4.69, 9.17) is 17.3 Å². The minimum absolute atomic E-state index is 0.198. The molecule has 5 heteroatoms. The van der Waals surface area contributed by atoms with Gasteiger partial charge in [0.05, 0.1) is 0 Å². The third-order valence-electron chi connectivity index (χ3n) is 3.51. The predicted molar refractivity (Wildman–Crippen MR) is 78.4 cm³/mol. The van der Waals surface area contributed by atoms with Crippen molar-refractivity contribution >= 4 is 23.2 Å². The van der Waals surface area contributed by atoms with Crippen molar-refractivity contribution in [2.75, 3.05) is 18.0 Å². The summed E-state index contributed by atoms with van der Waals surface area (Å²) < 4.78 is 0. The van der Waals surface area contributed by atoms with Crippen LogP contribution in [0.4, 0.5) is 5.69 Å². The Labute approximate surface area is 118 Å². The van der Waals surface area contributed by atoms with E-state index in [0.29, 0.717) is 0 Å². The van der Waals surface area contributed by atoms with Gasteiger partial charge in [-0.05, 0) is 37.1 Å². The highest BCUT2D eigenvalue weighted by molar-refractivity contribution is 6.31. The molecular weight excluding hydrogens is 262 g/mol. The molecule has 1 heterocycles. The molecule has 1 aliphatic heterocycles. The van der Waals surface area contributed by atoms with Gasteiger partial charge in [0.1, 0.15) is 6.04 Å². The van der Waals surface area contributed by atoms with Gasteiger partial charge >= 0.3 is 0 Å². The summed E-state index contributed by atoms with van der Waals surface area (Å²) in [6.45, 7) is 4.59. The highest BCUT2D eigenvalue weighted by Gasteiger charge is 2.29. The standard InChI is InChI=1S/C14H20ClN3O/c1-2-17-9-10-5-6-11(8-12(10)15)18-7-3-4-13(18)14(16)19/h5-6,8,13,17H,2-4,7,9H2,1H3,(H2,16,19). The second-order valence-electron chi connectivity index (χ2n) is 4.81. The van der Waals surface area contributed by atoms with Crippen LogP contribution in [0.5, 0.6) is 0 Å². The van der Waals surface area contributed by atoms with Gasteiger partial charge in [-0.15, -0.1) is 0 Å². The molecule has 0 radical (unpaired) electrons. The van der Waals surface area contributed by atoms with Gasteiger partial charge in [-0.2, -0.15) is 0 Å². The maximum atomic E-state index is 11.4. The second-order valence-corrected chi connectivity index (χ2v) is 5.22. The number of amides is 1. The molecule has 1 fully saturated rings. The molecule has 0 aliphatic carbocycles. The van der Waals surface area contributed by atoms with Gasteiger partial charge in [0.2, 0.25) is 5.91 Å². The molecule has 1 aromatic rings. The van der Waals surface area contributed by atoms with E-state index in [1.54, 1.807) is 0 Å². The van der Waals surface area contributed by atoms with E-state index >= 15 is 0 Å². The fourth-order valence-electron chi connectivity index (χ4n) is 2.49. The van der Waals surface area contributed by atoms with Gasteiger partial charge in [0.25, 0.3) is 0 Å². The SMILES string of the molecule is CCNCc1ccc(N2CCCC2C(N)=O)cc1Cl.